The van der Waals surface area contributed by atoms with E-state index in [-0.39, 0.29) is 11.1 Å². The molecular weight excluding hydrogens is 413 g/mol. The molecule has 0 aliphatic carbocycles. The van der Waals surface area contributed by atoms with Gasteiger partial charge < -0.3 is 0 Å². The summed E-state index contributed by atoms with van der Waals surface area (Å²) in [5.41, 5.74) is 1.69. The molecule has 0 aliphatic heterocycles. The molecule has 2 aromatic rings. The highest BCUT2D eigenvalue weighted by Gasteiger charge is 2.76. The summed E-state index contributed by atoms with van der Waals surface area (Å²) in [5.74, 6) is -15.3. The van der Waals surface area contributed by atoms with Gasteiger partial charge in [0.05, 0.1) is 5.69 Å². The number of benzene rings is 1. The monoisotopic (exact) mass is 428 g/mol. The van der Waals surface area contributed by atoms with Crippen LogP contribution in [-0.4, -0.2) is 28.9 Å². The van der Waals surface area contributed by atoms with Crippen LogP contribution in [0.5, 0.6) is 0 Å². The second-order valence-corrected chi connectivity index (χ2v) is 7.82. The summed E-state index contributed by atoms with van der Waals surface area (Å²) in [6, 6.07) is 7.00. The lowest BCUT2D eigenvalue weighted by Gasteiger charge is -2.26. The molecule has 1 heterocycles. The van der Waals surface area contributed by atoms with Gasteiger partial charge in [0.2, 0.25) is 0 Å². The number of thiazole rings is 1. The van der Waals surface area contributed by atoms with Crippen LogP contribution in [0, 0.1) is 0 Å². The average Bonchev–Trinajstić information content (AvgIpc) is 3.01. The molecule has 0 fully saturated rings. The molecule has 28 heavy (non-hydrogen) atoms. The number of nitrogens with one attached hydrogen (secondary N) is 1. The van der Waals surface area contributed by atoms with Crippen LogP contribution < -0.4 is 5.32 Å². The number of halogens is 7. The van der Waals surface area contributed by atoms with Gasteiger partial charge in [-0.05, 0) is 11.0 Å². The Hall–Kier alpha value is -2.17. The molecule has 0 spiro atoms. The van der Waals surface area contributed by atoms with Gasteiger partial charge in [-0.25, -0.2) is 4.98 Å². The zero-order valence-corrected chi connectivity index (χ0v) is 15.6. The number of amides is 1. The predicted octanol–water partition coefficient (Wildman–Crippen LogP) is 5.88. The van der Waals surface area contributed by atoms with Crippen LogP contribution in [-0.2, 0) is 10.2 Å². The predicted molar refractivity (Wildman–Crippen MR) is 90.8 cm³/mol. The van der Waals surface area contributed by atoms with Crippen LogP contribution in [0.25, 0.3) is 11.3 Å². The zero-order valence-electron chi connectivity index (χ0n) is 14.8. The zero-order chi connectivity index (χ0) is 21.5. The van der Waals surface area contributed by atoms with Crippen LogP contribution in [0.3, 0.4) is 0 Å². The van der Waals surface area contributed by atoms with Crippen molar-refractivity contribution >= 4 is 22.4 Å². The van der Waals surface area contributed by atoms with E-state index in [1.54, 1.807) is 12.1 Å². The number of aromatic nitrogens is 1. The second kappa shape index (κ2) is 7.02. The molecule has 154 valence electrons. The Bertz CT molecular complexity index is 852. The highest BCUT2D eigenvalue weighted by Crippen LogP contribution is 2.47. The van der Waals surface area contributed by atoms with Crippen LogP contribution in [0.4, 0.5) is 35.9 Å². The van der Waals surface area contributed by atoms with E-state index in [0.29, 0.717) is 16.9 Å². The first-order valence-electron chi connectivity index (χ1n) is 7.77. The Morgan fingerprint density at radius 3 is 1.96 bits per heavy atom. The third-order valence-electron chi connectivity index (χ3n) is 3.81. The van der Waals surface area contributed by atoms with Gasteiger partial charge in [-0.2, -0.15) is 30.7 Å². The molecule has 1 aromatic carbocycles. The van der Waals surface area contributed by atoms with Gasteiger partial charge in [0.25, 0.3) is 0 Å². The summed E-state index contributed by atoms with van der Waals surface area (Å²) in [6.45, 7) is 5.99. The molecule has 0 saturated carbocycles. The fourth-order valence-electron chi connectivity index (χ4n) is 2.10. The van der Waals surface area contributed by atoms with Gasteiger partial charge in [0.15, 0.2) is 5.13 Å². The van der Waals surface area contributed by atoms with E-state index in [2.05, 4.69) is 4.98 Å². The van der Waals surface area contributed by atoms with Crippen molar-refractivity contribution < 1.29 is 35.5 Å². The summed E-state index contributed by atoms with van der Waals surface area (Å²) < 4.78 is 89.0. The van der Waals surface area contributed by atoms with E-state index in [0.717, 1.165) is 5.56 Å². The maximum absolute atomic E-state index is 13.4. The molecule has 0 bridgehead atoms. The fraction of sp³-hybridized carbons (Fsp3) is 0.412. The van der Waals surface area contributed by atoms with Crippen molar-refractivity contribution in [1.29, 1.82) is 0 Å². The highest BCUT2D eigenvalue weighted by atomic mass is 32.1. The third-order valence-corrected chi connectivity index (χ3v) is 4.56. The van der Waals surface area contributed by atoms with Gasteiger partial charge in [0, 0.05) is 10.9 Å². The molecule has 1 N–H and O–H groups in total. The van der Waals surface area contributed by atoms with E-state index in [1.807, 2.05) is 32.9 Å². The fourth-order valence-corrected chi connectivity index (χ4v) is 2.82. The largest absolute Gasteiger partial charge is 0.460 e. The third kappa shape index (κ3) is 4.13. The van der Waals surface area contributed by atoms with Crippen LogP contribution in [0.15, 0.2) is 29.6 Å². The van der Waals surface area contributed by atoms with Gasteiger partial charge in [-0.15, -0.1) is 11.3 Å². The Morgan fingerprint density at radius 2 is 1.50 bits per heavy atom. The molecule has 0 saturated heterocycles. The summed E-state index contributed by atoms with van der Waals surface area (Å²) in [6.07, 6.45) is -6.59. The lowest BCUT2D eigenvalue weighted by Crippen LogP contribution is -2.57. The molecule has 11 heteroatoms. The molecule has 3 nitrogen and oxygen atoms in total. The van der Waals surface area contributed by atoms with Crippen molar-refractivity contribution in [3.8, 4) is 11.3 Å². The van der Waals surface area contributed by atoms with E-state index < -0.39 is 29.1 Å². The maximum Gasteiger partial charge on any atom is 0.460 e. The van der Waals surface area contributed by atoms with Gasteiger partial charge in [0.1, 0.15) is 0 Å². The van der Waals surface area contributed by atoms with E-state index in [4.69, 9.17) is 0 Å². The van der Waals surface area contributed by atoms with Gasteiger partial charge in [-0.1, -0.05) is 45.0 Å². The van der Waals surface area contributed by atoms with Crippen LogP contribution >= 0.6 is 11.3 Å². The Morgan fingerprint density at radius 1 is 0.964 bits per heavy atom. The Labute approximate surface area is 159 Å². The van der Waals surface area contributed by atoms with Crippen LogP contribution in [0.2, 0.25) is 0 Å². The summed E-state index contributed by atoms with van der Waals surface area (Å²) in [5, 5.41) is 2.14. The molecule has 1 aromatic heterocycles. The summed E-state index contributed by atoms with van der Waals surface area (Å²) >= 11 is 0.614. The van der Waals surface area contributed by atoms with Gasteiger partial charge in [-0.3, -0.25) is 10.1 Å². The van der Waals surface area contributed by atoms with E-state index >= 15 is 0 Å². The van der Waals surface area contributed by atoms with E-state index in [9.17, 15) is 35.5 Å². The number of nitrogens with zero attached hydrogens (tertiary/aromatic N) is 1. The molecule has 2 rings (SSSR count). The Balaban J connectivity index is 2.20. The molecule has 0 unspecified atom stereocenters. The minimum atomic E-state index is -6.59. The average molecular weight is 428 g/mol. The number of anilines is 1. The summed E-state index contributed by atoms with van der Waals surface area (Å²) in [4.78, 5) is 15.2. The first kappa shape index (κ1) is 22.1. The number of alkyl halides is 7. The number of carbonyl (C=O) groups excluding carboxylic acids is 1. The van der Waals surface area contributed by atoms with Crippen molar-refractivity contribution in [3.63, 3.8) is 0 Å². The van der Waals surface area contributed by atoms with Crippen LogP contribution in [0.1, 0.15) is 26.3 Å². The second-order valence-electron chi connectivity index (χ2n) is 6.97. The lowest BCUT2D eigenvalue weighted by molar-refractivity contribution is -0.343. The van der Waals surface area contributed by atoms with Crippen molar-refractivity contribution in [3.05, 3.63) is 35.2 Å². The minimum absolute atomic E-state index is 0.116. The normalized spacial score (nSPS) is 13.5. The van der Waals surface area contributed by atoms with Crippen molar-refractivity contribution in [2.45, 2.75) is 44.2 Å². The summed E-state index contributed by atoms with van der Waals surface area (Å²) in [7, 11) is 0. The topological polar surface area (TPSA) is 42.0 Å². The Kier molecular flexibility index (Phi) is 5.54. The van der Waals surface area contributed by atoms with Gasteiger partial charge >= 0.3 is 23.9 Å². The molecule has 1 amide bonds. The number of hydrogen-bond donors (Lipinski definition) is 1. The van der Waals surface area contributed by atoms with Crippen molar-refractivity contribution in [1.82, 2.24) is 4.98 Å². The molecule has 0 aliphatic rings. The molecule has 0 atom stereocenters. The lowest BCUT2D eigenvalue weighted by atomic mass is 9.86. The standard InChI is InChI=1S/C17H15F7N2OS/c1-14(2,3)10-6-4-9(5-7-10)11-8-28-13(25-11)26-12(27)15(18,19)16(20,21)17(22,23)24/h4-8H,1-3H3,(H,25,26,27). The number of hydrogen-bond acceptors (Lipinski definition) is 3. The maximum atomic E-state index is 13.4. The first-order chi connectivity index (χ1) is 12.6. The minimum Gasteiger partial charge on any atom is -0.296 e. The first-order valence-corrected chi connectivity index (χ1v) is 8.65. The van der Waals surface area contributed by atoms with Crippen molar-refractivity contribution in [2.75, 3.05) is 5.32 Å². The van der Waals surface area contributed by atoms with Crippen molar-refractivity contribution in [2.24, 2.45) is 0 Å². The molecule has 0 radical (unpaired) electrons. The quantitative estimate of drug-likeness (QED) is 0.618. The number of rotatable bonds is 4. The number of carbonyl (C=O) groups is 1. The smallest absolute Gasteiger partial charge is 0.296 e. The highest BCUT2D eigenvalue weighted by molar-refractivity contribution is 7.14. The SMILES string of the molecule is CC(C)(C)c1ccc(-c2csc(NC(=O)C(F)(F)C(F)(F)C(F)(F)F)n2)cc1. The van der Waals surface area contributed by atoms with E-state index in [1.165, 1.54) is 10.7 Å². The molecular formula is C17H15F7N2OS.